The molecule has 0 aromatic rings. The van der Waals surface area contributed by atoms with E-state index in [-0.39, 0.29) is 17.9 Å². The molecule has 110 valence electrons. The number of methoxy groups -OCH3 is 1. The molecule has 1 aliphatic carbocycles. The molecule has 2 N–H and O–H groups in total. The second-order valence-corrected chi connectivity index (χ2v) is 5.85. The van der Waals surface area contributed by atoms with Gasteiger partial charge in [0, 0.05) is 0 Å². The van der Waals surface area contributed by atoms with Gasteiger partial charge < -0.3 is 19.9 Å². The molecule has 1 amide bonds. The first-order valence-corrected chi connectivity index (χ1v) is 6.48. The van der Waals surface area contributed by atoms with Crippen molar-refractivity contribution in [3.63, 3.8) is 0 Å². The highest BCUT2D eigenvalue weighted by Crippen LogP contribution is 2.26. The second kappa shape index (κ2) is 6.23. The van der Waals surface area contributed by atoms with Gasteiger partial charge in [-0.3, -0.25) is 4.79 Å². The normalized spacial score (nSPS) is 27.5. The maximum Gasteiger partial charge on any atom is 0.407 e. The van der Waals surface area contributed by atoms with E-state index in [0.717, 1.165) is 0 Å². The Morgan fingerprint density at radius 3 is 2.37 bits per heavy atom. The molecule has 2 unspecified atom stereocenters. The van der Waals surface area contributed by atoms with Crippen LogP contribution in [-0.4, -0.2) is 42.0 Å². The summed E-state index contributed by atoms with van der Waals surface area (Å²) in [6.07, 6.45) is 0.107. The first kappa shape index (κ1) is 15.8. The van der Waals surface area contributed by atoms with Crippen LogP contribution in [0.15, 0.2) is 0 Å². The van der Waals surface area contributed by atoms with Gasteiger partial charge in [0.2, 0.25) is 0 Å². The van der Waals surface area contributed by atoms with E-state index in [0.29, 0.717) is 19.3 Å². The number of esters is 1. The number of aliphatic hydroxyl groups is 1. The van der Waals surface area contributed by atoms with Gasteiger partial charge in [0.15, 0.2) is 0 Å². The van der Waals surface area contributed by atoms with Crippen molar-refractivity contribution in [1.82, 2.24) is 5.32 Å². The first-order chi connectivity index (χ1) is 8.73. The number of nitrogens with one attached hydrogen (secondary N) is 1. The largest absolute Gasteiger partial charge is 0.469 e. The molecule has 0 saturated heterocycles. The SMILES string of the molecule is COC(=O)C1CC[C@H](NC(=O)OC(C)(C)C)C(O)C1. The molecule has 0 spiro atoms. The van der Waals surface area contributed by atoms with Gasteiger partial charge in [-0.1, -0.05) is 0 Å². The van der Waals surface area contributed by atoms with Crippen LogP contribution in [0, 0.1) is 5.92 Å². The van der Waals surface area contributed by atoms with Crippen LogP contribution in [0.2, 0.25) is 0 Å². The van der Waals surface area contributed by atoms with Crippen LogP contribution >= 0.6 is 0 Å². The van der Waals surface area contributed by atoms with E-state index in [1.165, 1.54) is 7.11 Å². The molecule has 19 heavy (non-hydrogen) atoms. The lowest BCUT2D eigenvalue weighted by molar-refractivity contribution is -0.148. The van der Waals surface area contributed by atoms with Gasteiger partial charge in [0.05, 0.1) is 25.2 Å². The summed E-state index contributed by atoms with van der Waals surface area (Å²) in [6.45, 7) is 5.32. The summed E-state index contributed by atoms with van der Waals surface area (Å²) >= 11 is 0. The number of hydrogen-bond donors (Lipinski definition) is 2. The molecule has 1 rings (SSSR count). The average molecular weight is 273 g/mol. The molecule has 1 aliphatic rings. The molecule has 6 nitrogen and oxygen atoms in total. The van der Waals surface area contributed by atoms with Crippen molar-refractivity contribution in [2.45, 2.75) is 57.8 Å². The zero-order chi connectivity index (χ0) is 14.6. The molecule has 0 radical (unpaired) electrons. The molecule has 0 aromatic carbocycles. The van der Waals surface area contributed by atoms with Gasteiger partial charge in [-0.05, 0) is 40.0 Å². The van der Waals surface area contributed by atoms with Crippen molar-refractivity contribution in [3.05, 3.63) is 0 Å². The van der Waals surface area contributed by atoms with Gasteiger partial charge in [0.1, 0.15) is 5.60 Å². The fourth-order valence-corrected chi connectivity index (χ4v) is 2.15. The summed E-state index contributed by atoms with van der Waals surface area (Å²) in [7, 11) is 1.33. The molecule has 1 saturated carbocycles. The van der Waals surface area contributed by atoms with Crippen LogP contribution < -0.4 is 5.32 Å². The molecular formula is C13H23NO5. The molecule has 0 aliphatic heterocycles. The first-order valence-electron chi connectivity index (χ1n) is 6.48. The average Bonchev–Trinajstić information content (AvgIpc) is 2.28. The lowest BCUT2D eigenvalue weighted by Gasteiger charge is -2.32. The van der Waals surface area contributed by atoms with Crippen LogP contribution in [0.1, 0.15) is 40.0 Å². The van der Waals surface area contributed by atoms with Crippen LogP contribution in [-0.2, 0) is 14.3 Å². The summed E-state index contributed by atoms with van der Waals surface area (Å²) in [5.74, 6) is -0.605. The lowest BCUT2D eigenvalue weighted by atomic mass is 9.84. The number of carbonyl (C=O) groups excluding carboxylic acids is 2. The van der Waals surface area contributed by atoms with Crippen LogP contribution in [0.4, 0.5) is 4.79 Å². The molecule has 0 aromatic heterocycles. The third kappa shape index (κ3) is 5.06. The minimum absolute atomic E-state index is 0.295. The summed E-state index contributed by atoms with van der Waals surface area (Å²) in [6, 6.07) is -0.379. The molecule has 3 atom stereocenters. The van der Waals surface area contributed by atoms with Crippen molar-refractivity contribution in [1.29, 1.82) is 0 Å². The van der Waals surface area contributed by atoms with Crippen molar-refractivity contribution >= 4 is 12.1 Å². The van der Waals surface area contributed by atoms with Gasteiger partial charge in [0.25, 0.3) is 0 Å². The number of carbonyl (C=O) groups is 2. The van der Waals surface area contributed by atoms with E-state index in [1.807, 2.05) is 0 Å². The Morgan fingerprint density at radius 1 is 1.26 bits per heavy atom. The van der Waals surface area contributed by atoms with Crippen LogP contribution in [0.3, 0.4) is 0 Å². The van der Waals surface area contributed by atoms with Crippen molar-refractivity contribution in [2.24, 2.45) is 5.92 Å². The second-order valence-electron chi connectivity index (χ2n) is 5.85. The number of ether oxygens (including phenoxy) is 2. The minimum atomic E-state index is -0.759. The van der Waals surface area contributed by atoms with Gasteiger partial charge in [-0.25, -0.2) is 4.79 Å². The monoisotopic (exact) mass is 273 g/mol. The fraction of sp³-hybridized carbons (Fsp3) is 0.846. The predicted molar refractivity (Wildman–Crippen MR) is 68.5 cm³/mol. The maximum atomic E-state index is 11.6. The number of rotatable bonds is 2. The van der Waals surface area contributed by atoms with E-state index in [1.54, 1.807) is 20.8 Å². The van der Waals surface area contributed by atoms with Crippen LogP contribution in [0.5, 0.6) is 0 Å². The van der Waals surface area contributed by atoms with Gasteiger partial charge in [-0.2, -0.15) is 0 Å². The highest BCUT2D eigenvalue weighted by molar-refractivity contribution is 5.72. The number of amides is 1. The van der Waals surface area contributed by atoms with Crippen molar-refractivity contribution < 1.29 is 24.2 Å². The Balaban J connectivity index is 2.46. The van der Waals surface area contributed by atoms with Gasteiger partial charge in [-0.15, -0.1) is 0 Å². The van der Waals surface area contributed by atoms with E-state index >= 15 is 0 Å². The van der Waals surface area contributed by atoms with E-state index in [4.69, 9.17) is 4.74 Å². The van der Waals surface area contributed by atoms with E-state index in [2.05, 4.69) is 10.1 Å². The summed E-state index contributed by atoms with van der Waals surface area (Å²) in [5, 5.41) is 12.6. The fourth-order valence-electron chi connectivity index (χ4n) is 2.15. The molecule has 0 bridgehead atoms. The summed E-state index contributed by atoms with van der Waals surface area (Å²) < 4.78 is 9.79. The molecular weight excluding hydrogens is 250 g/mol. The summed E-state index contributed by atoms with van der Waals surface area (Å²) in [5.41, 5.74) is -0.571. The highest BCUT2D eigenvalue weighted by atomic mass is 16.6. The smallest absolute Gasteiger partial charge is 0.407 e. The van der Waals surface area contributed by atoms with Crippen molar-refractivity contribution in [3.8, 4) is 0 Å². The zero-order valence-electron chi connectivity index (χ0n) is 11.9. The Bertz CT molecular complexity index is 336. The standard InChI is InChI=1S/C13H23NO5/c1-13(2,3)19-12(17)14-9-6-5-8(7-10(9)15)11(16)18-4/h8-10,15H,5-7H2,1-4H3,(H,14,17)/t8?,9-,10?/m0/s1. The Labute approximate surface area is 113 Å². The quantitative estimate of drug-likeness (QED) is 0.739. The topological polar surface area (TPSA) is 84.9 Å². The molecule has 0 heterocycles. The summed E-state index contributed by atoms with van der Waals surface area (Å²) in [4.78, 5) is 23.0. The highest BCUT2D eigenvalue weighted by Gasteiger charge is 2.34. The molecule has 1 fully saturated rings. The zero-order valence-corrected chi connectivity index (χ0v) is 11.9. The third-order valence-electron chi connectivity index (χ3n) is 3.05. The Morgan fingerprint density at radius 2 is 1.89 bits per heavy atom. The number of alkyl carbamates (subject to hydrolysis) is 1. The Kier molecular flexibility index (Phi) is 5.17. The minimum Gasteiger partial charge on any atom is -0.469 e. The number of aliphatic hydroxyl groups excluding tert-OH is 1. The van der Waals surface area contributed by atoms with Gasteiger partial charge >= 0.3 is 12.1 Å². The predicted octanol–water partition coefficient (Wildman–Crippen LogP) is 1.21. The van der Waals surface area contributed by atoms with E-state index < -0.39 is 17.8 Å². The van der Waals surface area contributed by atoms with Crippen molar-refractivity contribution in [2.75, 3.05) is 7.11 Å². The number of hydrogen-bond acceptors (Lipinski definition) is 5. The van der Waals surface area contributed by atoms with Crippen LogP contribution in [0.25, 0.3) is 0 Å². The molecule has 6 heteroatoms. The lowest BCUT2D eigenvalue weighted by Crippen LogP contribution is -2.49. The Hall–Kier alpha value is -1.30. The van der Waals surface area contributed by atoms with E-state index in [9.17, 15) is 14.7 Å². The third-order valence-corrected chi connectivity index (χ3v) is 3.05. The maximum absolute atomic E-state index is 11.6.